The smallest absolute Gasteiger partial charge is 0.247 e. The van der Waals surface area contributed by atoms with E-state index >= 15 is 0 Å². The summed E-state index contributed by atoms with van der Waals surface area (Å²) in [6.07, 6.45) is 2.09. The van der Waals surface area contributed by atoms with E-state index in [0.29, 0.717) is 35.0 Å². The number of aromatic nitrogens is 5. The van der Waals surface area contributed by atoms with E-state index in [4.69, 9.17) is 4.42 Å². The van der Waals surface area contributed by atoms with E-state index in [1.807, 2.05) is 34.9 Å². The van der Waals surface area contributed by atoms with Crippen LogP contribution < -0.4 is 0 Å². The second kappa shape index (κ2) is 7.20. The summed E-state index contributed by atoms with van der Waals surface area (Å²) in [5.74, 6) is 1.76. The van der Waals surface area contributed by atoms with Crippen LogP contribution in [-0.2, 0) is 5.75 Å². The summed E-state index contributed by atoms with van der Waals surface area (Å²) in [7, 11) is 0. The third-order valence-electron chi connectivity index (χ3n) is 4.50. The number of hydrogen-bond donors (Lipinski definition) is 0. The molecule has 0 aliphatic heterocycles. The van der Waals surface area contributed by atoms with Gasteiger partial charge in [0.15, 0.2) is 11.0 Å². The van der Waals surface area contributed by atoms with E-state index in [2.05, 4.69) is 20.4 Å². The molecule has 1 saturated carbocycles. The molecule has 0 radical (unpaired) electrons. The van der Waals surface area contributed by atoms with Crippen LogP contribution in [0, 0.1) is 5.82 Å². The van der Waals surface area contributed by atoms with Crippen molar-refractivity contribution < 1.29 is 8.81 Å². The molecule has 1 aliphatic carbocycles. The lowest BCUT2D eigenvalue weighted by Gasteiger charge is -2.08. The van der Waals surface area contributed by atoms with Gasteiger partial charge in [-0.2, -0.15) is 0 Å². The highest BCUT2D eigenvalue weighted by Gasteiger charge is 2.31. The second-order valence-electron chi connectivity index (χ2n) is 6.54. The van der Waals surface area contributed by atoms with Gasteiger partial charge in [-0.05, 0) is 37.1 Å². The van der Waals surface area contributed by atoms with E-state index in [0.717, 1.165) is 23.6 Å². The van der Waals surface area contributed by atoms with Crippen LogP contribution in [0.5, 0.6) is 0 Å². The van der Waals surface area contributed by atoms with Crippen molar-refractivity contribution in [3.63, 3.8) is 0 Å². The maximum atomic E-state index is 14.2. The van der Waals surface area contributed by atoms with Crippen molar-refractivity contribution in [2.45, 2.75) is 29.8 Å². The number of thioether (sulfide) groups is 1. The fraction of sp³-hybridized carbons (Fsp3) is 0.200. The number of nitrogens with zero attached hydrogens (tertiary/aromatic N) is 5. The maximum absolute atomic E-state index is 14.2. The van der Waals surface area contributed by atoms with Crippen molar-refractivity contribution in [1.29, 1.82) is 0 Å². The predicted molar refractivity (Wildman–Crippen MR) is 103 cm³/mol. The molecule has 2 aromatic heterocycles. The lowest BCUT2D eigenvalue weighted by Crippen LogP contribution is -2.01. The Labute approximate surface area is 164 Å². The fourth-order valence-corrected chi connectivity index (χ4v) is 3.84. The Balaban J connectivity index is 1.38. The molecule has 140 valence electrons. The highest BCUT2D eigenvalue weighted by molar-refractivity contribution is 7.98. The summed E-state index contributed by atoms with van der Waals surface area (Å²) in [6.45, 7) is 0. The SMILES string of the molecule is Fc1ccccc1-c1nnc(SCc2nnc(-c3ccccc3)o2)n1C1CC1. The molecule has 0 saturated heterocycles. The third kappa shape index (κ3) is 3.31. The Bertz CT molecular complexity index is 1110. The Morgan fingerprint density at radius 3 is 2.54 bits per heavy atom. The van der Waals surface area contributed by atoms with Gasteiger partial charge in [-0.1, -0.05) is 42.1 Å². The van der Waals surface area contributed by atoms with E-state index < -0.39 is 0 Å². The number of halogens is 1. The van der Waals surface area contributed by atoms with E-state index in [1.54, 1.807) is 18.2 Å². The van der Waals surface area contributed by atoms with Crippen LogP contribution in [0.15, 0.2) is 64.2 Å². The van der Waals surface area contributed by atoms with Gasteiger partial charge < -0.3 is 4.42 Å². The molecule has 1 aliphatic rings. The van der Waals surface area contributed by atoms with Crippen molar-refractivity contribution in [1.82, 2.24) is 25.0 Å². The molecule has 0 bridgehead atoms. The van der Waals surface area contributed by atoms with Crippen molar-refractivity contribution in [2.24, 2.45) is 0 Å². The summed E-state index contributed by atoms with van der Waals surface area (Å²) in [5, 5.41) is 17.5. The number of rotatable bonds is 6. The molecule has 5 rings (SSSR count). The molecule has 2 aromatic carbocycles. The minimum Gasteiger partial charge on any atom is -0.420 e. The Kier molecular flexibility index (Phi) is 4.40. The molecule has 1 fully saturated rings. The average molecular weight is 393 g/mol. The zero-order valence-corrected chi connectivity index (χ0v) is 15.6. The van der Waals surface area contributed by atoms with Crippen LogP contribution in [0.1, 0.15) is 24.8 Å². The van der Waals surface area contributed by atoms with Crippen LogP contribution in [-0.4, -0.2) is 25.0 Å². The van der Waals surface area contributed by atoms with Gasteiger partial charge in [-0.15, -0.1) is 20.4 Å². The van der Waals surface area contributed by atoms with E-state index in [-0.39, 0.29) is 5.82 Å². The molecule has 28 heavy (non-hydrogen) atoms. The number of hydrogen-bond acceptors (Lipinski definition) is 6. The van der Waals surface area contributed by atoms with Crippen molar-refractivity contribution >= 4 is 11.8 Å². The lowest BCUT2D eigenvalue weighted by atomic mass is 10.2. The minimum absolute atomic E-state index is 0.294. The summed E-state index contributed by atoms with van der Waals surface area (Å²) < 4.78 is 22.0. The lowest BCUT2D eigenvalue weighted by molar-refractivity contribution is 0.528. The molecule has 0 spiro atoms. The van der Waals surface area contributed by atoms with Crippen molar-refractivity contribution in [3.05, 3.63) is 66.3 Å². The normalized spacial score (nSPS) is 13.8. The Morgan fingerprint density at radius 1 is 0.964 bits per heavy atom. The summed E-state index contributed by atoms with van der Waals surface area (Å²) in [5.41, 5.74) is 1.35. The summed E-state index contributed by atoms with van der Waals surface area (Å²) >= 11 is 1.47. The molecule has 0 N–H and O–H groups in total. The largest absolute Gasteiger partial charge is 0.420 e. The van der Waals surface area contributed by atoms with Gasteiger partial charge in [0.2, 0.25) is 11.8 Å². The van der Waals surface area contributed by atoms with Gasteiger partial charge in [0.1, 0.15) is 5.82 Å². The Hall–Kier alpha value is -3.00. The molecular formula is C20H16FN5OS. The number of benzene rings is 2. The predicted octanol–water partition coefficient (Wildman–Crippen LogP) is 4.76. The zero-order valence-electron chi connectivity index (χ0n) is 14.8. The van der Waals surface area contributed by atoms with Gasteiger partial charge in [0.25, 0.3) is 0 Å². The van der Waals surface area contributed by atoms with Gasteiger partial charge in [0, 0.05) is 11.6 Å². The molecule has 0 unspecified atom stereocenters. The van der Waals surface area contributed by atoms with Gasteiger partial charge >= 0.3 is 0 Å². The van der Waals surface area contributed by atoms with Crippen molar-refractivity contribution in [2.75, 3.05) is 0 Å². The molecule has 0 atom stereocenters. The topological polar surface area (TPSA) is 69.6 Å². The van der Waals surface area contributed by atoms with E-state index in [1.165, 1.54) is 17.8 Å². The van der Waals surface area contributed by atoms with Gasteiger partial charge in [0.05, 0.1) is 11.3 Å². The van der Waals surface area contributed by atoms with Crippen LogP contribution in [0.2, 0.25) is 0 Å². The van der Waals surface area contributed by atoms with Gasteiger partial charge in [-0.3, -0.25) is 4.57 Å². The first kappa shape index (κ1) is 17.1. The van der Waals surface area contributed by atoms with Crippen LogP contribution in [0.4, 0.5) is 4.39 Å². The molecule has 0 amide bonds. The van der Waals surface area contributed by atoms with Crippen LogP contribution in [0.3, 0.4) is 0 Å². The van der Waals surface area contributed by atoms with Gasteiger partial charge in [-0.25, -0.2) is 4.39 Å². The highest BCUT2D eigenvalue weighted by atomic mass is 32.2. The monoisotopic (exact) mass is 393 g/mol. The maximum Gasteiger partial charge on any atom is 0.247 e. The standard InChI is InChI=1S/C20H16FN5OS/c21-16-9-5-4-8-15(16)18-23-25-20(26(18)14-10-11-14)28-12-17-22-24-19(27-17)13-6-2-1-3-7-13/h1-9,14H,10-12H2. The molecule has 6 nitrogen and oxygen atoms in total. The molecular weight excluding hydrogens is 377 g/mol. The first-order chi connectivity index (χ1) is 13.8. The van der Waals surface area contributed by atoms with Crippen LogP contribution in [0.25, 0.3) is 22.8 Å². The molecule has 8 heteroatoms. The quantitative estimate of drug-likeness (QED) is 0.440. The van der Waals surface area contributed by atoms with Crippen molar-refractivity contribution in [3.8, 4) is 22.8 Å². The average Bonchev–Trinajstić information content (AvgIpc) is 3.30. The Morgan fingerprint density at radius 2 is 1.75 bits per heavy atom. The molecule has 4 aromatic rings. The fourth-order valence-electron chi connectivity index (χ4n) is 3.00. The second-order valence-corrected chi connectivity index (χ2v) is 7.49. The first-order valence-electron chi connectivity index (χ1n) is 9.00. The third-order valence-corrected chi connectivity index (χ3v) is 5.43. The van der Waals surface area contributed by atoms with E-state index in [9.17, 15) is 4.39 Å². The summed E-state index contributed by atoms with van der Waals surface area (Å²) in [6, 6.07) is 16.6. The highest BCUT2D eigenvalue weighted by Crippen LogP contribution is 2.41. The zero-order chi connectivity index (χ0) is 18.9. The minimum atomic E-state index is -0.294. The molecule has 2 heterocycles. The first-order valence-corrected chi connectivity index (χ1v) is 9.98. The summed E-state index contributed by atoms with van der Waals surface area (Å²) in [4.78, 5) is 0. The van der Waals surface area contributed by atoms with Crippen LogP contribution >= 0.6 is 11.8 Å².